The molecule has 0 aliphatic heterocycles. The fraction of sp³-hybridized carbons (Fsp3) is 0.455. The summed E-state index contributed by atoms with van der Waals surface area (Å²) < 4.78 is 5.10. The van der Waals surface area contributed by atoms with Gasteiger partial charge in [0.2, 0.25) is 5.82 Å². The smallest absolute Gasteiger partial charge is 0.335 e. The Labute approximate surface area is 198 Å². The van der Waals surface area contributed by atoms with Gasteiger partial charge < -0.3 is 14.5 Å². The van der Waals surface area contributed by atoms with E-state index in [1.165, 1.54) is 11.0 Å². The number of aryl methyl sites for hydroxylation is 1. The average Bonchev–Trinajstić information content (AvgIpc) is 2.72. The third-order valence-electron chi connectivity index (χ3n) is 4.82. The molecule has 2 rings (SSSR count). The Bertz CT molecular complexity index is 971. The Kier molecular flexibility index (Phi) is 9.53. The highest BCUT2D eigenvalue weighted by atomic mass is 35.5. The first-order valence-electron chi connectivity index (χ1n) is 10.5. The lowest BCUT2D eigenvalue weighted by Gasteiger charge is -2.28. The summed E-state index contributed by atoms with van der Waals surface area (Å²) in [6.45, 7) is 8.59. The molecule has 2 aromatic rings. The molecule has 0 saturated heterocycles. The van der Waals surface area contributed by atoms with E-state index < -0.39 is 10.9 Å². The van der Waals surface area contributed by atoms with Crippen molar-refractivity contribution in [3.8, 4) is 0 Å². The number of unbranched alkanes of at least 4 members (excludes halogenated alkanes) is 1. The zero-order valence-electron chi connectivity index (χ0n) is 18.7. The standard InChI is InChI=1S/C22H28Cl2N4O4/c1-5-8-11-26(6-2)19-12-15(4)25-22(21(19)28(30)31)27(14-20(29)32-7-3)18-10-9-16(23)13-17(18)24/h9-10,12-13H,5-8,11,14H2,1-4H3. The minimum atomic E-state index is -0.559. The number of benzene rings is 1. The molecular formula is C22H28Cl2N4O4. The lowest BCUT2D eigenvalue weighted by molar-refractivity contribution is -0.383. The van der Waals surface area contributed by atoms with Crippen molar-refractivity contribution < 1.29 is 14.5 Å². The van der Waals surface area contributed by atoms with Crippen molar-refractivity contribution >= 4 is 52.1 Å². The Morgan fingerprint density at radius 2 is 1.91 bits per heavy atom. The van der Waals surface area contributed by atoms with Crippen LogP contribution in [-0.2, 0) is 9.53 Å². The van der Waals surface area contributed by atoms with E-state index in [2.05, 4.69) is 11.9 Å². The van der Waals surface area contributed by atoms with E-state index in [-0.39, 0.29) is 29.7 Å². The first kappa shape index (κ1) is 25.7. The lowest BCUT2D eigenvalue weighted by atomic mass is 10.2. The highest BCUT2D eigenvalue weighted by molar-refractivity contribution is 6.36. The molecule has 0 bridgehead atoms. The SMILES string of the molecule is CCCCN(CC)c1cc(C)nc(N(CC(=O)OCC)c2ccc(Cl)cc2Cl)c1[N+](=O)[O-]. The van der Waals surface area contributed by atoms with Crippen molar-refractivity contribution in [1.29, 1.82) is 0 Å². The fourth-order valence-corrected chi connectivity index (χ4v) is 3.86. The topological polar surface area (TPSA) is 88.8 Å². The second-order valence-electron chi connectivity index (χ2n) is 7.13. The molecule has 8 nitrogen and oxygen atoms in total. The van der Waals surface area contributed by atoms with Crippen LogP contribution >= 0.6 is 23.2 Å². The number of hydrogen-bond acceptors (Lipinski definition) is 7. The summed E-state index contributed by atoms with van der Waals surface area (Å²) in [6, 6.07) is 6.42. The lowest BCUT2D eigenvalue weighted by Crippen LogP contribution is -2.30. The summed E-state index contributed by atoms with van der Waals surface area (Å²) in [6.07, 6.45) is 1.84. The first-order chi connectivity index (χ1) is 15.2. The highest BCUT2D eigenvalue weighted by Crippen LogP contribution is 2.42. The largest absolute Gasteiger partial charge is 0.465 e. The summed E-state index contributed by atoms with van der Waals surface area (Å²) in [5.41, 5.74) is 1.21. The number of hydrogen-bond donors (Lipinski definition) is 0. The first-order valence-corrected chi connectivity index (χ1v) is 11.3. The number of rotatable bonds is 11. The van der Waals surface area contributed by atoms with Gasteiger partial charge in [-0.25, -0.2) is 4.98 Å². The molecule has 10 heteroatoms. The normalized spacial score (nSPS) is 10.7. The third-order valence-corrected chi connectivity index (χ3v) is 5.36. The van der Waals surface area contributed by atoms with Crippen molar-refractivity contribution in [2.24, 2.45) is 0 Å². The van der Waals surface area contributed by atoms with Crippen LogP contribution in [0.15, 0.2) is 24.3 Å². The number of ether oxygens (including phenoxy) is 1. The average molecular weight is 483 g/mol. The molecule has 1 aromatic heterocycles. The van der Waals surface area contributed by atoms with Crippen molar-refractivity contribution in [3.05, 3.63) is 50.1 Å². The van der Waals surface area contributed by atoms with E-state index in [1.54, 1.807) is 32.0 Å². The summed E-state index contributed by atoms with van der Waals surface area (Å²) in [5, 5.41) is 12.9. The zero-order chi connectivity index (χ0) is 23.8. The number of nitrogens with zero attached hydrogens (tertiary/aromatic N) is 4. The molecule has 0 unspecified atom stereocenters. The van der Waals surface area contributed by atoms with Crippen LogP contribution in [0, 0.1) is 17.0 Å². The number of esters is 1. The summed E-state index contributed by atoms with van der Waals surface area (Å²) in [5.74, 6) is -0.534. The molecule has 0 atom stereocenters. The van der Waals surface area contributed by atoms with Gasteiger partial charge in [0.15, 0.2) is 0 Å². The molecule has 0 amide bonds. The second-order valence-corrected chi connectivity index (χ2v) is 7.98. The molecule has 0 radical (unpaired) electrons. The molecule has 32 heavy (non-hydrogen) atoms. The van der Waals surface area contributed by atoms with E-state index >= 15 is 0 Å². The summed E-state index contributed by atoms with van der Waals surface area (Å²) in [7, 11) is 0. The Morgan fingerprint density at radius 3 is 2.47 bits per heavy atom. The van der Waals surface area contributed by atoms with Crippen LogP contribution in [0.3, 0.4) is 0 Å². The van der Waals surface area contributed by atoms with Crippen molar-refractivity contribution in [1.82, 2.24) is 4.98 Å². The van der Waals surface area contributed by atoms with E-state index in [9.17, 15) is 14.9 Å². The van der Waals surface area contributed by atoms with E-state index in [4.69, 9.17) is 27.9 Å². The number of carbonyl (C=O) groups excluding carboxylic acids is 1. The quantitative estimate of drug-likeness (QED) is 0.222. The molecule has 1 aromatic carbocycles. The van der Waals surface area contributed by atoms with Gasteiger partial charge in [-0.1, -0.05) is 36.5 Å². The van der Waals surface area contributed by atoms with Crippen LogP contribution in [0.4, 0.5) is 22.9 Å². The molecule has 1 heterocycles. The van der Waals surface area contributed by atoms with Crippen LogP contribution < -0.4 is 9.80 Å². The maximum absolute atomic E-state index is 12.4. The monoisotopic (exact) mass is 482 g/mol. The Hall–Kier alpha value is -2.58. The number of nitro groups is 1. The molecule has 0 saturated carbocycles. The van der Waals surface area contributed by atoms with Crippen molar-refractivity contribution in [2.45, 2.75) is 40.5 Å². The predicted octanol–water partition coefficient (Wildman–Crippen LogP) is 5.93. The molecule has 174 valence electrons. The second kappa shape index (κ2) is 11.9. The van der Waals surface area contributed by atoms with Gasteiger partial charge in [-0.15, -0.1) is 0 Å². The predicted molar refractivity (Wildman–Crippen MR) is 129 cm³/mol. The molecule has 0 aliphatic carbocycles. The van der Waals surface area contributed by atoms with Crippen molar-refractivity contribution in [3.63, 3.8) is 0 Å². The molecule has 0 aliphatic rings. The number of carbonyl (C=O) groups is 1. The van der Waals surface area contributed by atoms with Gasteiger partial charge in [0.1, 0.15) is 12.2 Å². The van der Waals surface area contributed by atoms with E-state index in [0.29, 0.717) is 35.2 Å². The van der Waals surface area contributed by atoms with Gasteiger partial charge in [-0.05, 0) is 51.5 Å². The Balaban J connectivity index is 2.75. The maximum atomic E-state index is 12.4. The summed E-state index contributed by atoms with van der Waals surface area (Å²) in [4.78, 5) is 32.1. The van der Waals surface area contributed by atoms with Gasteiger partial charge in [0, 0.05) is 23.8 Å². The van der Waals surface area contributed by atoms with E-state index in [0.717, 1.165) is 12.8 Å². The molecular weight excluding hydrogens is 455 g/mol. The molecule has 0 N–H and O–H groups in total. The van der Waals surface area contributed by atoms with Gasteiger partial charge in [-0.3, -0.25) is 14.9 Å². The summed E-state index contributed by atoms with van der Waals surface area (Å²) >= 11 is 12.5. The number of anilines is 3. The Morgan fingerprint density at radius 1 is 1.19 bits per heavy atom. The molecule has 0 fully saturated rings. The third kappa shape index (κ3) is 6.23. The minimum Gasteiger partial charge on any atom is -0.465 e. The van der Waals surface area contributed by atoms with Crippen LogP contribution in [0.1, 0.15) is 39.3 Å². The van der Waals surface area contributed by atoms with Crippen molar-refractivity contribution in [2.75, 3.05) is 36.0 Å². The number of halogens is 2. The number of aromatic nitrogens is 1. The van der Waals surface area contributed by atoms with Gasteiger partial charge in [-0.2, -0.15) is 0 Å². The van der Waals surface area contributed by atoms with Gasteiger partial charge in [0.25, 0.3) is 0 Å². The fourth-order valence-electron chi connectivity index (χ4n) is 3.35. The van der Waals surface area contributed by atoms with Gasteiger partial charge >= 0.3 is 11.7 Å². The zero-order valence-corrected chi connectivity index (χ0v) is 20.2. The maximum Gasteiger partial charge on any atom is 0.335 e. The van der Waals surface area contributed by atoms with E-state index in [1.807, 2.05) is 11.8 Å². The van der Waals surface area contributed by atoms with Crippen LogP contribution in [0.25, 0.3) is 0 Å². The van der Waals surface area contributed by atoms with Crippen LogP contribution in [0.2, 0.25) is 10.0 Å². The number of pyridine rings is 1. The van der Waals surface area contributed by atoms with Crippen LogP contribution in [0.5, 0.6) is 0 Å². The van der Waals surface area contributed by atoms with Gasteiger partial charge in [0.05, 0.1) is 22.2 Å². The molecule has 0 spiro atoms. The van der Waals surface area contributed by atoms with Crippen LogP contribution in [-0.4, -0.2) is 42.1 Å². The minimum absolute atomic E-state index is 0.0252. The highest BCUT2D eigenvalue weighted by Gasteiger charge is 2.32.